The number of nitrogens with two attached hydrogens (primary N) is 1. The molecule has 1 aromatic carbocycles. The first kappa shape index (κ1) is 20.5. The van der Waals surface area contributed by atoms with Crippen LogP contribution in [0, 0.1) is 0 Å². The van der Waals surface area contributed by atoms with Gasteiger partial charge in [0.25, 0.3) is 0 Å². The number of fused-ring (bicyclic) bond motifs is 3. The maximum absolute atomic E-state index is 12.7. The summed E-state index contributed by atoms with van der Waals surface area (Å²) in [6, 6.07) is 15.2. The average molecular weight is 459 g/mol. The minimum Gasteiger partial charge on any atom is -0.383 e. The lowest BCUT2D eigenvalue weighted by Gasteiger charge is -2.30. The fraction of sp³-hybridized carbons (Fsp3) is 0.320. The predicted molar refractivity (Wildman–Crippen MR) is 130 cm³/mol. The third kappa shape index (κ3) is 3.54. The molecule has 5 heterocycles. The second kappa shape index (κ2) is 8.04. The van der Waals surface area contributed by atoms with Gasteiger partial charge in [-0.2, -0.15) is 9.61 Å². The van der Waals surface area contributed by atoms with E-state index in [0.29, 0.717) is 28.4 Å². The number of nitrogens with one attached hydrogen (secondary N) is 1. The van der Waals surface area contributed by atoms with Gasteiger partial charge in [0.05, 0.1) is 28.4 Å². The molecule has 2 bridgehead atoms. The lowest BCUT2D eigenvalue weighted by atomic mass is 9.89. The highest BCUT2D eigenvalue weighted by Crippen LogP contribution is 2.40. The highest BCUT2D eigenvalue weighted by molar-refractivity contribution is 7.84. The topological polar surface area (TPSA) is 98.2 Å². The van der Waals surface area contributed by atoms with Crippen LogP contribution in [0.5, 0.6) is 0 Å². The van der Waals surface area contributed by atoms with Crippen LogP contribution in [0.15, 0.2) is 59.8 Å². The van der Waals surface area contributed by atoms with Gasteiger partial charge < -0.3 is 11.1 Å². The van der Waals surface area contributed by atoms with Crippen molar-refractivity contribution >= 4 is 22.3 Å². The third-order valence-corrected chi connectivity index (χ3v) is 7.95. The number of hydrogen-bond acceptors (Lipinski definition) is 6. The summed E-state index contributed by atoms with van der Waals surface area (Å²) < 4.78 is 14.3. The summed E-state index contributed by atoms with van der Waals surface area (Å²) in [5.74, 6) is 0.665. The maximum atomic E-state index is 12.7. The van der Waals surface area contributed by atoms with Crippen molar-refractivity contribution in [1.29, 1.82) is 0 Å². The Bertz CT molecular complexity index is 1340. The Morgan fingerprint density at radius 3 is 2.45 bits per heavy atom. The van der Waals surface area contributed by atoms with Gasteiger partial charge in [0.1, 0.15) is 10.7 Å². The van der Waals surface area contributed by atoms with E-state index >= 15 is 0 Å². The summed E-state index contributed by atoms with van der Waals surface area (Å²) in [6.45, 7) is 0. The second-order valence-corrected chi connectivity index (χ2v) is 10.4. The number of piperidine rings is 1. The summed E-state index contributed by atoms with van der Waals surface area (Å²) in [4.78, 5) is 10.4. The molecule has 6 rings (SSSR count). The number of aromatic nitrogens is 4. The Labute approximate surface area is 194 Å². The van der Waals surface area contributed by atoms with Crippen molar-refractivity contribution < 1.29 is 4.21 Å². The van der Waals surface area contributed by atoms with Gasteiger partial charge >= 0.3 is 0 Å². The number of nitrogens with zero attached hydrogens (tertiary/aromatic N) is 4. The number of pyridine rings is 1. The van der Waals surface area contributed by atoms with Crippen LogP contribution in [-0.2, 0) is 10.8 Å². The number of rotatable bonds is 4. The van der Waals surface area contributed by atoms with E-state index in [1.165, 1.54) is 12.8 Å². The molecule has 2 aliphatic rings. The molecule has 7 nitrogen and oxygen atoms in total. The molecule has 0 spiro atoms. The van der Waals surface area contributed by atoms with Crippen LogP contribution in [0.4, 0.5) is 5.82 Å². The predicted octanol–water partition coefficient (Wildman–Crippen LogP) is 3.78. The van der Waals surface area contributed by atoms with E-state index in [2.05, 4.69) is 15.4 Å². The Morgan fingerprint density at radius 1 is 1.03 bits per heavy atom. The summed E-state index contributed by atoms with van der Waals surface area (Å²) in [6.07, 6.45) is 9.69. The second-order valence-electron chi connectivity index (χ2n) is 9.06. The van der Waals surface area contributed by atoms with E-state index < -0.39 is 10.8 Å². The molecule has 0 aliphatic carbocycles. The molecular weight excluding hydrogens is 432 g/mol. The zero-order chi connectivity index (χ0) is 22.5. The molecule has 2 aliphatic heterocycles. The summed E-state index contributed by atoms with van der Waals surface area (Å²) in [5, 5.41) is 8.18. The van der Waals surface area contributed by atoms with Gasteiger partial charge in [0.15, 0.2) is 5.65 Å². The average Bonchev–Trinajstić information content (AvgIpc) is 3.42. The third-order valence-electron chi connectivity index (χ3n) is 6.95. The highest BCUT2D eigenvalue weighted by atomic mass is 32.2. The quantitative estimate of drug-likeness (QED) is 0.483. The first-order valence-electron chi connectivity index (χ1n) is 11.4. The monoisotopic (exact) mass is 458 g/mol. The summed E-state index contributed by atoms with van der Waals surface area (Å²) >= 11 is 0. The normalized spacial score (nSPS) is 23.1. The Hall–Kier alpha value is -3.10. The zero-order valence-corrected chi connectivity index (χ0v) is 19.3. The number of nitrogen functional groups attached to an aromatic ring is 1. The zero-order valence-electron chi connectivity index (χ0n) is 18.4. The molecule has 2 fully saturated rings. The number of anilines is 1. The molecule has 2 saturated heterocycles. The van der Waals surface area contributed by atoms with Crippen molar-refractivity contribution in [2.75, 3.05) is 12.0 Å². The Morgan fingerprint density at radius 2 is 1.79 bits per heavy atom. The van der Waals surface area contributed by atoms with E-state index in [9.17, 15) is 4.21 Å². The van der Waals surface area contributed by atoms with Crippen molar-refractivity contribution in [2.45, 2.75) is 48.6 Å². The van der Waals surface area contributed by atoms with Crippen molar-refractivity contribution in [3.05, 3.63) is 60.6 Å². The highest BCUT2D eigenvalue weighted by Gasteiger charge is 2.37. The van der Waals surface area contributed by atoms with E-state index in [1.54, 1.807) is 17.0 Å². The lowest BCUT2D eigenvalue weighted by molar-refractivity contribution is 0.356. The smallest absolute Gasteiger partial charge is 0.165 e. The van der Waals surface area contributed by atoms with E-state index in [1.807, 2.05) is 48.7 Å². The van der Waals surface area contributed by atoms with Crippen molar-refractivity contribution in [3.63, 3.8) is 0 Å². The van der Waals surface area contributed by atoms with E-state index in [-0.39, 0.29) is 5.92 Å². The van der Waals surface area contributed by atoms with Crippen molar-refractivity contribution in [1.82, 2.24) is 24.9 Å². The molecule has 0 amide bonds. The standard InChI is InChI=1S/C25H26N6OS/c1-33(32)23-22(17-11-18-8-9-19(12-17)29-18)30-25-20(14-28-31(25)24(23)26)16-7-10-21(27-13-16)15-5-3-2-4-6-15/h2-7,10,13-14,17-19,29H,8-9,11-12,26H2,1H3/t17?,18-,19?,33?/m0/s1. The molecule has 3 N–H and O–H groups in total. The largest absolute Gasteiger partial charge is 0.383 e. The van der Waals surface area contributed by atoms with Crippen LogP contribution in [0.25, 0.3) is 28.0 Å². The minimum atomic E-state index is -1.25. The van der Waals surface area contributed by atoms with E-state index in [4.69, 9.17) is 10.7 Å². The molecule has 4 aromatic rings. The van der Waals surface area contributed by atoms with Crippen LogP contribution in [0.1, 0.15) is 37.3 Å². The molecule has 3 unspecified atom stereocenters. The van der Waals surface area contributed by atoms with Crippen molar-refractivity contribution in [3.8, 4) is 22.4 Å². The summed E-state index contributed by atoms with van der Waals surface area (Å²) in [5.41, 5.74) is 11.9. The minimum absolute atomic E-state index is 0.247. The fourth-order valence-electron chi connectivity index (χ4n) is 5.41. The van der Waals surface area contributed by atoms with Gasteiger partial charge in [-0.05, 0) is 31.7 Å². The first-order valence-corrected chi connectivity index (χ1v) is 12.9. The lowest BCUT2D eigenvalue weighted by Crippen LogP contribution is -2.37. The van der Waals surface area contributed by atoms with Gasteiger partial charge in [-0.15, -0.1) is 0 Å². The molecule has 4 atom stereocenters. The fourth-order valence-corrected chi connectivity index (χ4v) is 6.29. The molecular formula is C25H26N6OS. The van der Waals surface area contributed by atoms with Crippen LogP contribution in [0.3, 0.4) is 0 Å². The van der Waals surface area contributed by atoms with Crippen LogP contribution >= 0.6 is 0 Å². The van der Waals surface area contributed by atoms with Gasteiger partial charge in [-0.3, -0.25) is 9.19 Å². The molecule has 3 aromatic heterocycles. The number of hydrogen-bond donors (Lipinski definition) is 2. The van der Waals surface area contributed by atoms with Crippen LogP contribution in [-0.4, -0.2) is 42.1 Å². The molecule has 168 valence electrons. The van der Waals surface area contributed by atoms with Crippen molar-refractivity contribution in [2.24, 2.45) is 0 Å². The SMILES string of the molecule is CS(=O)c1c(C2CC3CC[C@@H](C2)N3)nc2c(-c3ccc(-c4ccccc4)nc3)cnn2c1N. The Kier molecular flexibility index (Phi) is 4.99. The molecule has 8 heteroatoms. The first-order chi connectivity index (χ1) is 16.1. The van der Waals surface area contributed by atoms with Crippen LogP contribution in [0.2, 0.25) is 0 Å². The number of benzene rings is 1. The van der Waals surface area contributed by atoms with Gasteiger partial charge in [0.2, 0.25) is 0 Å². The van der Waals surface area contributed by atoms with Gasteiger partial charge in [-0.25, -0.2) is 4.98 Å². The van der Waals surface area contributed by atoms with Crippen LogP contribution < -0.4 is 11.1 Å². The molecule has 0 radical (unpaired) electrons. The maximum Gasteiger partial charge on any atom is 0.165 e. The molecule has 33 heavy (non-hydrogen) atoms. The Balaban J connectivity index is 1.45. The molecule has 0 saturated carbocycles. The van der Waals surface area contributed by atoms with E-state index in [0.717, 1.165) is 40.9 Å². The van der Waals surface area contributed by atoms with Gasteiger partial charge in [-0.1, -0.05) is 36.4 Å². The van der Waals surface area contributed by atoms with Gasteiger partial charge in [0, 0.05) is 47.1 Å². The summed E-state index contributed by atoms with van der Waals surface area (Å²) in [7, 11) is -1.25.